The molecule has 1 aromatic heterocycles. The van der Waals surface area contributed by atoms with Crippen molar-refractivity contribution in [1.82, 2.24) is 0 Å². The van der Waals surface area contributed by atoms with E-state index in [1.807, 2.05) is 0 Å². The number of phenolic OH excluding ortho intramolecular Hbond substituents is 1. The van der Waals surface area contributed by atoms with Crippen molar-refractivity contribution in [1.29, 1.82) is 0 Å². The molecule has 0 atom stereocenters. The molecule has 2 heterocycles. The van der Waals surface area contributed by atoms with E-state index in [1.165, 1.54) is 24.1 Å². The predicted molar refractivity (Wildman–Crippen MR) is 83.3 cm³/mol. The third kappa shape index (κ3) is 3.37. The molecule has 23 heavy (non-hydrogen) atoms. The topological polar surface area (TPSA) is 81.2 Å². The molecule has 2 N–H and O–H groups in total. The fraction of sp³-hybridized carbons (Fsp3) is 0.412. The Hall–Kier alpha value is -2.34. The first-order valence-corrected chi connectivity index (χ1v) is 7.74. The van der Waals surface area contributed by atoms with E-state index < -0.39 is 5.63 Å². The Kier molecular flexibility index (Phi) is 4.34. The SMILES string of the molecule is COC(=O)C1CC[NH+](Cc2cc(=O)oc3cc(O)ccc23)CC1. The molecule has 1 fully saturated rings. The van der Waals surface area contributed by atoms with Gasteiger partial charge in [-0.15, -0.1) is 0 Å². The first-order chi connectivity index (χ1) is 11.1. The van der Waals surface area contributed by atoms with Crippen molar-refractivity contribution >= 4 is 16.9 Å². The summed E-state index contributed by atoms with van der Waals surface area (Å²) >= 11 is 0. The molecular formula is C17H20NO5+. The Balaban J connectivity index is 1.78. The van der Waals surface area contributed by atoms with E-state index in [0.29, 0.717) is 12.1 Å². The Morgan fingerprint density at radius 2 is 2.09 bits per heavy atom. The van der Waals surface area contributed by atoms with Crippen LogP contribution in [0.25, 0.3) is 11.0 Å². The van der Waals surface area contributed by atoms with Crippen LogP contribution in [0.15, 0.2) is 33.5 Å². The minimum absolute atomic E-state index is 0.0155. The van der Waals surface area contributed by atoms with Gasteiger partial charge in [0.25, 0.3) is 0 Å². The number of benzene rings is 1. The second kappa shape index (κ2) is 6.42. The number of likely N-dealkylation sites (tertiary alicyclic amines) is 1. The zero-order valence-corrected chi connectivity index (χ0v) is 13.0. The molecule has 0 saturated carbocycles. The van der Waals surface area contributed by atoms with Gasteiger partial charge in [-0.05, 0) is 12.1 Å². The summed E-state index contributed by atoms with van der Waals surface area (Å²) in [5.41, 5.74) is 0.890. The molecule has 0 unspecified atom stereocenters. The van der Waals surface area contributed by atoms with E-state index >= 15 is 0 Å². The van der Waals surface area contributed by atoms with E-state index in [4.69, 9.17) is 9.15 Å². The molecule has 1 saturated heterocycles. The van der Waals surface area contributed by atoms with Gasteiger partial charge in [-0.3, -0.25) is 4.79 Å². The number of aromatic hydroxyl groups is 1. The minimum Gasteiger partial charge on any atom is -0.508 e. The van der Waals surface area contributed by atoms with Gasteiger partial charge in [0.05, 0.1) is 26.1 Å². The zero-order chi connectivity index (χ0) is 16.4. The number of nitrogens with one attached hydrogen (secondary N) is 1. The average molecular weight is 318 g/mol. The van der Waals surface area contributed by atoms with Gasteiger partial charge in [0.15, 0.2) is 0 Å². The van der Waals surface area contributed by atoms with E-state index in [1.54, 1.807) is 12.1 Å². The lowest BCUT2D eigenvalue weighted by molar-refractivity contribution is -0.919. The number of ether oxygens (including phenoxy) is 1. The molecule has 6 nitrogen and oxygen atoms in total. The lowest BCUT2D eigenvalue weighted by Crippen LogP contribution is -3.11. The fourth-order valence-corrected chi connectivity index (χ4v) is 3.24. The largest absolute Gasteiger partial charge is 0.508 e. The monoisotopic (exact) mass is 318 g/mol. The van der Waals surface area contributed by atoms with Crippen molar-refractivity contribution < 1.29 is 24.0 Å². The Bertz CT molecular complexity index is 774. The van der Waals surface area contributed by atoms with Gasteiger partial charge < -0.3 is 19.2 Å². The van der Waals surface area contributed by atoms with Crippen LogP contribution in [0.4, 0.5) is 0 Å². The van der Waals surface area contributed by atoms with Crippen LogP contribution in [-0.2, 0) is 16.1 Å². The normalized spacial score (nSPS) is 21.3. The molecule has 0 amide bonds. The average Bonchev–Trinajstić information content (AvgIpc) is 2.54. The molecule has 1 aromatic carbocycles. The van der Waals surface area contributed by atoms with Crippen LogP contribution < -0.4 is 10.5 Å². The van der Waals surface area contributed by atoms with Crippen molar-refractivity contribution in [3.05, 3.63) is 40.2 Å². The van der Waals surface area contributed by atoms with E-state index in [9.17, 15) is 14.7 Å². The Morgan fingerprint density at radius 1 is 1.35 bits per heavy atom. The standard InChI is InChI=1S/C17H19NO5/c1-22-17(21)11-4-6-18(7-5-11)10-12-8-16(20)23-15-9-13(19)2-3-14(12)15/h2-3,8-9,11,19H,4-7,10H2,1H3/p+1. The highest BCUT2D eigenvalue weighted by atomic mass is 16.5. The summed E-state index contributed by atoms with van der Waals surface area (Å²) in [5, 5.41) is 10.4. The number of hydrogen-bond donors (Lipinski definition) is 2. The second-order valence-electron chi connectivity index (χ2n) is 6.00. The van der Waals surface area contributed by atoms with Crippen LogP contribution in [0, 0.1) is 5.92 Å². The number of esters is 1. The van der Waals surface area contributed by atoms with E-state index in [-0.39, 0.29) is 17.6 Å². The quantitative estimate of drug-likeness (QED) is 0.635. The van der Waals surface area contributed by atoms with Gasteiger partial charge in [-0.25, -0.2) is 4.79 Å². The fourth-order valence-electron chi connectivity index (χ4n) is 3.24. The van der Waals surface area contributed by atoms with E-state index in [2.05, 4.69) is 0 Å². The molecule has 2 aromatic rings. The smallest absolute Gasteiger partial charge is 0.336 e. The summed E-state index contributed by atoms with van der Waals surface area (Å²) in [6.07, 6.45) is 1.59. The number of rotatable bonds is 3. The second-order valence-corrected chi connectivity index (χ2v) is 6.00. The number of carbonyl (C=O) groups is 1. The third-order valence-corrected chi connectivity index (χ3v) is 4.48. The number of quaternary nitrogens is 1. The van der Waals surface area contributed by atoms with Crippen LogP contribution in [0.5, 0.6) is 5.75 Å². The third-order valence-electron chi connectivity index (χ3n) is 4.48. The van der Waals surface area contributed by atoms with Gasteiger partial charge >= 0.3 is 11.6 Å². The highest BCUT2D eigenvalue weighted by Crippen LogP contribution is 2.21. The van der Waals surface area contributed by atoms with Crippen LogP contribution in [-0.4, -0.2) is 31.3 Å². The predicted octanol–water partition coefficient (Wildman–Crippen LogP) is 0.467. The van der Waals surface area contributed by atoms with Crippen LogP contribution in [0.3, 0.4) is 0 Å². The van der Waals surface area contributed by atoms with Crippen molar-refractivity contribution in [3.8, 4) is 5.75 Å². The first-order valence-electron chi connectivity index (χ1n) is 7.74. The van der Waals surface area contributed by atoms with Gasteiger partial charge in [0.2, 0.25) is 0 Å². The van der Waals surface area contributed by atoms with E-state index in [0.717, 1.165) is 36.9 Å². The molecule has 1 aliphatic heterocycles. The van der Waals surface area contributed by atoms with Gasteiger partial charge in [-0.2, -0.15) is 0 Å². The lowest BCUT2D eigenvalue weighted by Gasteiger charge is -2.28. The molecule has 0 spiro atoms. The molecule has 1 aliphatic rings. The number of fused-ring (bicyclic) bond motifs is 1. The highest BCUT2D eigenvalue weighted by molar-refractivity contribution is 5.81. The number of hydrogen-bond acceptors (Lipinski definition) is 5. The molecule has 0 bridgehead atoms. The maximum atomic E-state index is 11.7. The maximum Gasteiger partial charge on any atom is 0.336 e. The first kappa shape index (κ1) is 15.6. The zero-order valence-electron chi connectivity index (χ0n) is 13.0. The minimum atomic E-state index is -0.415. The summed E-state index contributed by atoms with van der Waals surface area (Å²) in [6.45, 7) is 2.42. The number of piperidine rings is 1. The molecule has 3 rings (SSSR count). The molecular weight excluding hydrogens is 298 g/mol. The Labute approximate surface area is 133 Å². The van der Waals surface area contributed by atoms with Crippen molar-refractivity contribution in [2.24, 2.45) is 5.92 Å². The van der Waals surface area contributed by atoms with Gasteiger partial charge in [0.1, 0.15) is 17.9 Å². The van der Waals surface area contributed by atoms with Crippen molar-refractivity contribution in [2.45, 2.75) is 19.4 Å². The van der Waals surface area contributed by atoms with Crippen LogP contribution in [0.1, 0.15) is 18.4 Å². The number of methoxy groups -OCH3 is 1. The Morgan fingerprint density at radius 3 is 2.78 bits per heavy atom. The molecule has 0 radical (unpaired) electrons. The molecule has 122 valence electrons. The van der Waals surface area contributed by atoms with Crippen LogP contribution in [0.2, 0.25) is 0 Å². The van der Waals surface area contributed by atoms with Crippen molar-refractivity contribution in [3.63, 3.8) is 0 Å². The summed E-state index contributed by atoms with van der Waals surface area (Å²) < 4.78 is 9.95. The molecule has 0 aliphatic carbocycles. The lowest BCUT2D eigenvalue weighted by atomic mass is 9.96. The molecule has 6 heteroatoms. The summed E-state index contributed by atoms with van der Waals surface area (Å²) in [5.74, 6) is -0.0762. The number of carbonyl (C=O) groups excluding carboxylic acids is 1. The van der Waals surface area contributed by atoms with Gasteiger partial charge in [0, 0.05) is 35.9 Å². The van der Waals surface area contributed by atoms with Crippen molar-refractivity contribution in [2.75, 3.05) is 20.2 Å². The van der Waals surface area contributed by atoms with Crippen LogP contribution >= 0.6 is 0 Å². The summed E-state index contributed by atoms with van der Waals surface area (Å²) in [7, 11) is 1.42. The summed E-state index contributed by atoms with van der Waals surface area (Å²) in [4.78, 5) is 24.6. The highest BCUT2D eigenvalue weighted by Gasteiger charge is 2.28. The maximum absolute atomic E-state index is 11.7. The summed E-state index contributed by atoms with van der Waals surface area (Å²) in [6, 6.07) is 6.33. The number of phenols is 1. The van der Waals surface area contributed by atoms with Gasteiger partial charge in [-0.1, -0.05) is 0 Å².